The van der Waals surface area contributed by atoms with Gasteiger partial charge in [0.15, 0.2) is 0 Å². The third-order valence-electron chi connectivity index (χ3n) is 4.56. The number of nitro benzene ring substituents is 2. The molecule has 0 radical (unpaired) electrons. The smallest absolute Gasteiger partial charge is 0.272 e. The van der Waals surface area contributed by atoms with Crippen LogP contribution < -0.4 is 5.43 Å². The van der Waals surface area contributed by atoms with Crippen molar-refractivity contribution in [2.75, 3.05) is 5.43 Å². The molecule has 2 aliphatic rings. The zero-order chi connectivity index (χ0) is 16.6. The molecule has 8 heteroatoms. The van der Waals surface area contributed by atoms with Crippen molar-refractivity contribution >= 4 is 22.8 Å². The number of benzene rings is 1. The molecule has 120 valence electrons. The number of non-ortho nitro benzene ring substituents is 1. The fourth-order valence-corrected chi connectivity index (χ4v) is 3.37. The van der Waals surface area contributed by atoms with E-state index >= 15 is 0 Å². The maximum absolute atomic E-state index is 11.1. The summed E-state index contributed by atoms with van der Waals surface area (Å²) in [7, 11) is 0. The van der Waals surface area contributed by atoms with Crippen LogP contribution in [0.5, 0.6) is 0 Å². The number of anilines is 1. The number of nitrogens with one attached hydrogen (secondary N) is 1. The summed E-state index contributed by atoms with van der Waals surface area (Å²) in [6.45, 7) is 1.91. The molecule has 1 aromatic rings. The zero-order valence-corrected chi connectivity index (χ0v) is 12.5. The number of hydrazone groups is 1. The molecule has 0 aromatic heterocycles. The zero-order valence-electron chi connectivity index (χ0n) is 12.5. The van der Waals surface area contributed by atoms with Gasteiger partial charge in [0.2, 0.25) is 0 Å². The number of allylic oxidation sites excluding steroid dienone is 2. The van der Waals surface area contributed by atoms with Crippen molar-refractivity contribution < 1.29 is 9.85 Å². The summed E-state index contributed by atoms with van der Waals surface area (Å²) in [4.78, 5) is 20.5. The predicted octanol–water partition coefficient (Wildman–Crippen LogP) is 3.50. The van der Waals surface area contributed by atoms with Crippen LogP contribution >= 0.6 is 0 Å². The lowest BCUT2D eigenvalue weighted by Gasteiger charge is -2.17. The monoisotopic (exact) mass is 316 g/mol. The Kier molecular flexibility index (Phi) is 3.81. The van der Waals surface area contributed by atoms with Crippen LogP contribution in [-0.4, -0.2) is 15.6 Å². The standard InChI is InChI=1S/C15H16N4O4/c1-9(13-7-10-2-3-11(13)6-10)16-17-14-5-4-12(18(20)21)8-15(14)19(22)23/h2-5,8,10-11,13,17H,6-7H2,1H3/b16-9+/t10-,11+,13+/m0/s1. The molecule has 0 unspecified atom stereocenters. The maximum Gasteiger partial charge on any atom is 0.301 e. The molecule has 1 aromatic carbocycles. The number of nitro groups is 2. The molecular formula is C15H16N4O4. The molecule has 2 aliphatic carbocycles. The Labute approximate surface area is 132 Å². The van der Waals surface area contributed by atoms with E-state index in [-0.39, 0.29) is 17.1 Å². The van der Waals surface area contributed by atoms with Crippen molar-refractivity contribution in [3.05, 3.63) is 50.6 Å². The van der Waals surface area contributed by atoms with E-state index in [1.165, 1.54) is 12.1 Å². The van der Waals surface area contributed by atoms with Crippen LogP contribution in [0, 0.1) is 38.0 Å². The van der Waals surface area contributed by atoms with Crippen molar-refractivity contribution in [2.45, 2.75) is 19.8 Å². The van der Waals surface area contributed by atoms with Gasteiger partial charge in [-0.25, -0.2) is 0 Å². The van der Waals surface area contributed by atoms with Gasteiger partial charge >= 0.3 is 5.69 Å². The summed E-state index contributed by atoms with van der Waals surface area (Å²) < 4.78 is 0. The first kappa shape index (κ1) is 15.1. The van der Waals surface area contributed by atoms with E-state index in [1.54, 1.807) is 0 Å². The van der Waals surface area contributed by atoms with Crippen molar-refractivity contribution in [3.63, 3.8) is 0 Å². The van der Waals surface area contributed by atoms with Crippen LogP contribution in [0.15, 0.2) is 35.5 Å². The third kappa shape index (κ3) is 2.92. The predicted molar refractivity (Wildman–Crippen MR) is 85.3 cm³/mol. The number of fused-ring (bicyclic) bond motifs is 2. The Bertz CT molecular complexity index is 728. The largest absolute Gasteiger partial charge is 0.301 e. The summed E-state index contributed by atoms with van der Waals surface area (Å²) in [5.41, 5.74) is 3.07. The summed E-state index contributed by atoms with van der Waals surface area (Å²) in [6.07, 6.45) is 6.66. The van der Waals surface area contributed by atoms with Crippen molar-refractivity contribution in [1.29, 1.82) is 0 Å². The Morgan fingerprint density at radius 2 is 2.00 bits per heavy atom. The SMILES string of the molecule is C/C(=N\Nc1ccc([N+](=O)[O-])cc1[N+](=O)[O-])[C@H]1C[C@H]2C=C[C@@H]1C2. The van der Waals surface area contributed by atoms with Gasteiger partial charge in [-0.05, 0) is 37.7 Å². The van der Waals surface area contributed by atoms with E-state index < -0.39 is 9.85 Å². The normalized spacial score (nSPS) is 25.6. The van der Waals surface area contributed by atoms with Crippen LogP contribution in [0.3, 0.4) is 0 Å². The average Bonchev–Trinajstić information content (AvgIpc) is 3.15. The topological polar surface area (TPSA) is 111 Å². The van der Waals surface area contributed by atoms with Crippen LogP contribution in [0.2, 0.25) is 0 Å². The minimum absolute atomic E-state index is 0.152. The van der Waals surface area contributed by atoms with Gasteiger partial charge in [0.05, 0.1) is 15.9 Å². The summed E-state index contributed by atoms with van der Waals surface area (Å²) >= 11 is 0. The quantitative estimate of drug-likeness (QED) is 0.387. The number of rotatable bonds is 5. The molecule has 0 aliphatic heterocycles. The van der Waals surface area contributed by atoms with Crippen LogP contribution in [0.4, 0.5) is 17.1 Å². The van der Waals surface area contributed by atoms with Crippen LogP contribution in [-0.2, 0) is 0 Å². The Balaban J connectivity index is 1.79. The molecule has 3 rings (SSSR count). The fourth-order valence-electron chi connectivity index (χ4n) is 3.37. The first-order valence-electron chi connectivity index (χ1n) is 7.37. The lowest BCUT2D eigenvalue weighted by atomic mass is 9.90. The highest BCUT2D eigenvalue weighted by Crippen LogP contribution is 2.44. The Morgan fingerprint density at radius 3 is 2.57 bits per heavy atom. The highest BCUT2D eigenvalue weighted by Gasteiger charge is 2.37. The average molecular weight is 316 g/mol. The molecule has 1 N–H and O–H groups in total. The van der Waals surface area contributed by atoms with Gasteiger partial charge in [-0.1, -0.05) is 12.2 Å². The lowest BCUT2D eigenvalue weighted by molar-refractivity contribution is -0.393. The van der Waals surface area contributed by atoms with Gasteiger partial charge in [0, 0.05) is 17.7 Å². The third-order valence-corrected chi connectivity index (χ3v) is 4.56. The molecule has 23 heavy (non-hydrogen) atoms. The van der Waals surface area contributed by atoms with Crippen LogP contribution in [0.25, 0.3) is 0 Å². The lowest BCUT2D eigenvalue weighted by Crippen LogP contribution is -2.17. The van der Waals surface area contributed by atoms with Crippen molar-refractivity contribution in [2.24, 2.45) is 22.9 Å². The number of hydrogen-bond donors (Lipinski definition) is 1. The second kappa shape index (κ2) is 5.79. The number of nitrogens with zero attached hydrogens (tertiary/aromatic N) is 3. The molecule has 0 spiro atoms. The molecule has 1 fully saturated rings. The van der Waals surface area contributed by atoms with E-state index in [9.17, 15) is 20.2 Å². The Hall–Kier alpha value is -2.77. The van der Waals surface area contributed by atoms with E-state index in [2.05, 4.69) is 22.7 Å². The molecule has 0 heterocycles. The summed E-state index contributed by atoms with van der Waals surface area (Å²) in [5.74, 6) is 1.47. The fraction of sp³-hybridized carbons (Fsp3) is 0.400. The molecule has 0 amide bonds. The second-order valence-corrected chi connectivity index (χ2v) is 5.97. The van der Waals surface area contributed by atoms with Crippen LogP contribution in [0.1, 0.15) is 19.8 Å². The van der Waals surface area contributed by atoms with Gasteiger partial charge < -0.3 is 0 Å². The summed E-state index contributed by atoms with van der Waals surface area (Å²) in [5, 5.41) is 26.1. The molecule has 3 atom stereocenters. The van der Waals surface area contributed by atoms with Gasteiger partial charge in [-0.2, -0.15) is 5.10 Å². The minimum atomic E-state index is -0.660. The maximum atomic E-state index is 11.1. The molecule has 2 bridgehead atoms. The second-order valence-electron chi connectivity index (χ2n) is 5.97. The first-order valence-corrected chi connectivity index (χ1v) is 7.37. The van der Waals surface area contributed by atoms with Crippen molar-refractivity contribution in [3.8, 4) is 0 Å². The molecular weight excluding hydrogens is 300 g/mol. The van der Waals surface area contributed by atoms with Gasteiger partial charge in [0.25, 0.3) is 5.69 Å². The van der Waals surface area contributed by atoms with E-state index in [1.807, 2.05) is 6.92 Å². The highest BCUT2D eigenvalue weighted by molar-refractivity contribution is 5.86. The van der Waals surface area contributed by atoms with E-state index in [4.69, 9.17) is 0 Å². The highest BCUT2D eigenvalue weighted by atomic mass is 16.6. The Morgan fingerprint density at radius 1 is 1.22 bits per heavy atom. The minimum Gasteiger partial charge on any atom is -0.272 e. The van der Waals surface area contributed by atoms with Gasteiger partial charge in [0.1, 0.15) is 5.69 Å². The molecule has 0 saturated heterocycles. The van der Waals surface area contributed by atoms with Crippen molar-refractivity contribution in [1.82, 2.24) is 0 Å². The first-order chi connectivity index (χ1) is 11.0. The summed E-state index contributed by atoms with van der Waals surface area (Å²) in [6, 6.07) is 3.47. The van der Waals surface area contributed by atoms with E-state index in [0.29, 0.717) is 17.8 Å². The molecule has 8 nitrogen and oxygen atoms in total. The molecule has 1 saturated carbocycles. The van der Waals surface area contributed by atoms with Gasteiger partial charge in [-0.15, -0.1) is 0 Å². The van der Waals surface area contributed by atoms with E-state index in [0.717, 1.165) is 24.6 Å². The van der Waals surface area contributed by atoms with Gasteiger partial charge in [-0.3, -0.25) is 25.7 Å². The number of hydrogen-bond acceptors (Lipinski definition) is 6.